The third-order valence-corrected chi connectivity index (χ3v) is 4.89. The Balaban J connectivity index is 1.97. The number of rotatable bonds is 3. The molecule has 0 N–H and O–H groups in total. The van der Waals surface area contributed by atoms with Gasteiger partial charge in [-0.05, 0) is 31.2 Å². The molecule has 6 nitrogen and oxygen atoms in total. The maximum atomic E-state index is 12.5. The number of aryl methyl sites for hydroxylation is 1. The molecule has 114 valence electrons. The number of benzene rings is 2. The fraction of sp³-hybridized carbons (Fsp3) is 0.0625. The van der Waals surface area contributed by atoms with Gasteiger partial charge in [-0.15, -0.1) is 9.19 Å². The van der Waals surface area contributed by atoms with E-state index in [0.717, 1.165) is 9.65 Å². The first kappa shape index (κ1) is 14.9. The standard InChI is InChI=1S/C16H12N4O2S/c1-12-2-8-15(9-3-12)23(21,22)20-11-16(18-19-20)14-6-4-13(10-17)5-7-14/h2-9,11H,1H3. The second-order valence-electron chi connectivity index (χ2n) is 4.98. The van der Waals surface area contributed by atoms with Crippen LogP contribution in [0.4, 0.5) is 0 Å². The quantitative estimate of drug-likeness (QED) is 0.738. The molecule has 0 saturated heterocycles. The average molecular weight is 324 g/mol. The minimum atomic E-state index is -3.77. The molecule has 0 atom stereocenters. The Morgan fingerprint density at radius 1 is 1.04 bits per heavy atom. The lowest BCUT2D eigenvalue weighted by Gasteiger charge is -2.03. The van der Waals surface area contributed by atoms with Gasteiger partial charge >= 0.3 is 0 Å². The molecular formula is C16H12N4O2S. The van der Waals surface area contributed by atoms with Crippen molar-refractivity contribution in [2.75, 3.05) is 0 Å². The molecule has 2 aromatic carbocycles. The van der Waals surface area contributed by atoms with E-state index in [-0.39, 0.29) is 4.90 Å². The van der Waals surface area contributed by atoms with Crippen molar-refractivity contribution in [3.05, 3.63) is 65.9 Å². The highest BCUT2D eigenvalue weighted by atomic mass is 32.2. The highest BCUT2D eigenvalue weighted by Crippen LogP contribution is 2.19. The molecule has 0 saturated carbocycles. The summed E-state index contributed by atoms with van der Waals surface area (Å²) in [7, 11) is -3.77. The minimum Gasteiger partial charge on any atom is -0.199 e. The molecule has 0 spiro atoms. The predicted octanol–water partition coefficient (Wildman–Crippen LogP) is 2.36. The van der Waals surface area contributed by atoms with Crippen LogP contribution in [-0.2, 0) is 10.0 Å². The molecule has 1 heterocycles. The summed E-state index contributed by atoms with van der Waals surface area (Å²) in [6.45, 7) is 1.88. The zero-order chi connectivity index (χ0) is 16.4. The van der Waals surface area contributed by atoms with E-state index in [4.69, 9.17) is 5.26 Å². The predicted molar refractivity (Wildman–Crippen MR) is 83.9 cm³/mol. The summed E-state index contributed by atoms with van der Waals surface area (Å²) in [5, 5.41) is 16.4. The van der Waals surface area contributed by atoms with Gasteiger partial charge in [-0.1, -0.05) is 35.0 Å². The molecule has 0 aliphatic heterocycles. The summed E-state index contributed by atoms with van der Waals surface area (Å²) in [6, 6.07) is 15.2. The second kappa shape index (κ2) is 5.66. The van der Waals surface area contributed by atoms with Gasteiger partial charge in [-0.25, -0.2) is 0 Å². The Bertz CT molecular complexity index is 982. The Kier molecular flexibility index (Phi) is 3.68. The van der Waals surface area contributed by atoms with Crippen LogP contribution in [-0.4, -0.2) is 22.8 Å². The fourth-order valence-corrected chi connectivity index (χ4v) is 3.10. The third-order valence-electron chi connectivity index (χ3n) is 3.35. The number of aromatic nitrogens is 3. The lowest BCUT2D eigenvalue weighted by molar-refractivity contribution is 0.577. The van der Waals surface area contributed by atoms with Crippen LogP contribution in [0.15, 0.2) is 59.6 Å². The monoisotopic (exact) mass is 324 g/mol. The topological polar surface area (TPSA) is 88.6 Å². The Labute approximate surface area is 133 Å². The number of nitrogens with zero attached hydrogens (tertiary/aromatic N) is 4. The molecule has 0 aliphatic carbocycles. The summed E-state index contributed by atoms with van der Waals surface area (Å²) in [5.74, 6) is 0. The van der Waals surface area contributed by atoms with Crippen molar-refractivity contribution in [2.24, 2.45) is 0 Å². The van der Waals surface area contributed by atoms with Crippen molar-refractivity contribution in [1.29, 1.82) is 5.26 Å². The van der Waals surface area contributed by atoms with Gasteiger partial charge in [-0.3, -0.25) is 0 Å². The van der Waals surface area contributed by atoms with Crippen LogP contribution in [0.2, 0.25) is 0 Å². The molecule has 0 bridgehead atoms. The van der Waals surface area contributed by atoms with E-state index in [1.807, 2.05) is 13.0 Å². The third kappa shape index (κ3) is 2.84. The first-order valence-corrected chi connectivity index (χ1v) is 8.20. The van der Waals surface area contributed by atoms with Gasteiger partial charge in [-0.2, -0.15) is 13.7 Å². The van der Waals surface area contributed by atoms with Gasteiger partial charge in [0.05, 0.1) is 22.7 Å². The maximum absolute atomic E-state index is 12.5. The minimum absolute atomic E-state index is 0.152. The molecule has 7 heteroatoms. The molecule has 3 rings (SSSR count). The van der Waals surface area contributed by atoms with Crippen LogP contribution in [0.1, 0.15) is 11.1 Å². The number of nitriles is 1. The molecule has 1 aromatic heterocycles. The highest BCUT2D eigenvalue weighted by molar-refractivity contribution is 7.89. The van der Waals surface area contributed by atoms with Crippen molar-refractivity contribution >= 4 is 10.0 Å². The van der Waals surface area contributed by atoms with Crippen molar-refractivity contribution in [1.82, 2.24) is 14.4 Å². The molecule has 23 heavy (non-hydrogen) atoms. The molecule has 0 amide bonds. The number of hydrogen-bond acceptors (Lipinski definition) is 5. The summed E-state index contributed by atoms with van der Waals surface area (Å²) < 4.78 is 25.9. The molecular weight excluding hydrogens is 312 g/mol. The first-order valence-electron chi connectivity index (χ1n) is 6.76. The molecule has 3 aromatic rings. The molecule has 0 radical (unpaired) electrons. The summed E-state index contributed by atoms with van der Waals surface area (Å²) in [4.78, 5) is 0.152. The highest BCUT2D eigenvalue weighted by Gasteiger charge is 2.19. The normalized spacial score (nSPS) is 11.1. The first-order chi connectivity index (χ1) is 11.0. The molecule has 0 fully saturated rings. The van der Waals surface area contributed by atoms with E-state index < -0.39 is 10.0 Å². The van der Waals surface area contributed by atoms with Gasteiger partial charge in [0, 0.05) is 5.56 Å². The van der Waals surface area contributed by atoms with E-state index >= 15 is 0 Å². The SMILES string of the molecule is Cc1ccc(S(=O)(=O)n2cc(-c3ccc(C#N)cc3)nn2)cc1. The van der Waals surface area contributed by atoms with Crippen LogP contribution in [0.3, 0.4) is 0 Å². The lowest BCUT2D eigenvalue weighted by atomic mass is 10.1. The second-order valence-corrected chi connectivity index (χ2v) is 6.78. The van der Waals surface area contributed by atoms with Crippen molar-refractivity contribution < 1.29 is 8.42 Å². The molecule has 0 aliphatic rings. The van der Waals surface area contributed by atoms with E-state index in [2.05, 4.69) is 10.3 Å². The van der Waals surface area contributed by atoms with E-state index in [0.29, 0.717) is 16.8 Å². The zero-order valence-electron chi connectivity index (χ0n) is 12.2. The van der Waals surface area contributed by atoms with E-state index in [9.17, 15) is 8.42 Å². The summed E-state index contributed by atoms with van der Waals surface area (Å²) >= 11 is 0. The van der Waals surface area contributed by atoms with Crippen LogP contribution in [0.25, 0.3) is 11.3 Å². The van der Waals surface area contributed by atoms with Gasteiger partial charge in [0.25, 0.3) is 10.0 Å². The van der Waals surface area contributed by atoms with Crippen molar-refractivity contribution in [3.63, 3.8) is 0 Å². The Morgan fingerprint density at radius 3 is 2.30 bits per heavy atom. The largest absolute Gasteiger partial charge is 0.284 e. The maximum Gasteiger partial charge on any atom is 0.284 e. The average Bonchev–Trinajstić information content (AvgIpc) is 3.06. The van der Waals surface area contributed by atoms with Crippen molar-refractivity contribution in [3.8, 4) is 17.3 Å². The van der Waals surface area contributed by atoms with Gasteiger partial charge in [0.1, 0.15) is 5.69 Å². The smallest absolute Gasteiger partial charge is 0.199 e. The van der Waals surface area contributed by atoms with Gasteiger partial charge in [0.15, 0.2) is 0 Å². The molecule has 0 unspecified atom stereocenters. The van der Waals surface area contributed by atoms with Gasteiger partial charge in [0.2, 0.25) is 0 Å². The Morgan fingerprint density at radius 2 is 1.70 bits per heavy atom. The van der Waals surface area contributed by atoms with Gasteiger partial charge < -0.3 is 0 Å². The van der Waals surface area contributed by atoms with Crippen molar-refractivity contribution in [2.45, 2.75) is 11.8 Å². The zero-order valence-corrected chi connectivity index (χ0v) is 13.0. The number of hydrogen-bond donors (Lipinski definition) is 0. The fourth-order valence-electron chi connectivity index (χ4n) is 2.03. The van der Waals surface area contributed by atoms with E-state index in [1.165, 1.54) is 18.3 Å². The Hall–Kier alpha value is -2.98. The lowest BCUT2D eigenvalue weighted by Crippen LogP contribution is -2.13. The van der Waals surface area contributed by atoms with E-state index in [1.54, 1.807) is 36.4 Å². The summed E-state index contributed by atoms with van der Waals surface area (Å²) in [5.41, 5.74) is 2.61. The van der Waals surface area contributed by atoms with Crippen LogP contribution in [0, 0.1) is 18.3 Å². The van der Waals surface area contributed by atoms with Crippen LogP contribution in [0.5, 0.6) is 0 Å². The van der Waals surface area contributed by atoms with Crippen LogP contribution < -0.4 is 0 Å². The summed E-state index contributed by atoms with van der Waals surface area (Å²) in [6.07, 6.45) is 1.36. The van der Waals surface area contributed by atoms with Crippen LogP contribution >= 0.6 is 0 Å².